The zero-order chi connectivity index (χ0) is 15.2. The maximum absolute atomic E-state index is 13.9. The van der Waals surface area contributed by atoms with Crippen LogP contribution in [0, 0.1) is 17.1 Å². The number of hydrogen-bond donors (Lipinski definition) is 1. The average molecular weight is 283 g/mol. The molecule has 0 amide bonds. The number of rotatable bonds is 5. The Bertz CT molecular complexity index is 661. The minimum absolute atomic E-state index is 0.339. The van der Waals surface area contributed by atoms with Crippen LogP contribution in [0.15, 0.2) is 42.5 Å². The molecule has 2 aromatic carbocycles. The maximum atomic E-state index is 13.9. The van der Waals surface area contributed by atoms with Crippen LogP contribution in [0.25, 0.3) is 0 Å². The summed E-state index contributed by atoms with van der Waals surface area (Å²) in [6, 6.07) is 14.2. The molecule has 0 spiro atoms. The van der Waals surface area contributed by atoms with Crippen LogP contribution in [0.2, 0.25) is 0 Å². The van der Waals surface area contributed by atoms with Crippen molar-refractivity contribution >= 4 is 5.69 Å². The van der Waals surface area contributed by atoms with Gasteiger partial charge in [0.05, 0.1) is 11.6 Å². The van der Waals surface area contributed by atoms with Crippen molar-refractivity contribution in [2.45, 2.75) is 20.0 Å². The van der Waals surface area contributed by atoms with E-state index in [-0.39, 0.29) is 5.82 Å². The van der Waals surface area contributed by atoms with Crippen LogP contribution in [-0.4, -0.2) is 11.4 Å². The summed E-state index contributed by atoms with van der Waals surface area (Å²) in [5.74, 6) is -0.339. The van der Waals surface area contributed by atoms with Gasteiger partial charge in [0.2, 0.25) is 0 Å². The molecular weight excluding hydrogens is 265 g/mol. The van der Waals surface area contributed by atoms with Gasteiger partial charge in [-0.15, -0.1) is 0 Å². The summed E-state index contributed by atoms with van der Waals surface area (Å²) in [5, 5.41) is 8.77. The van der Waals surface area contributed by atoms with E-state index in [4.69, 9.17) is 11.0 Å². The van der Waals surface area contributed by atoms with E-state index in [1.54, 1.807) is 12.1 Å². The van der Waals surface area contributed by atoms with Crippen LogP contribution in [0.4, 0.5) is 10.1 Å². The first-order chi connectivity index (χ1) is 10.1. The lowest BCUT2D eigenvalue weighted by Gasteiger charge is -2.21. The fourth-order valence-electron chi connectivity index (χ4n) is 2.18. The molecule has 0 atom stereocenters. The van der Waals surface area contributed by atoms with Crippen molar-refractivity contribution in [3.05, 3.63) is 65.0 Å². The van der Waals surface area contributed by atoms with E-state index in [1.165, 1.54) is 6.07 Å². The van der Waals surface area contributed by atoms with Crippen molar-refractivity contribution in [1.29, 1.82) is 5.26 Å². The van der Waals surface area contributed by atoms with Gasteiger partial charge in [-0.1, -0.05) is 31.2 Å². The molecule has 0 aliphatic carbocycles. The van der Waals surface area contributed by atoms with E-state index >= 15 is 0 Å². The lowest BCUT2D eigenvalue weighted by atomic mass is 10.1. The number of nitriles is 1. The van der Waals surface area contributed by atoms with Gasteiger partial charge in [-0.3, -0.25) is 4.90 Å². The van der Waals surface area contributed by atoms with Gasteiger partial charge in [-0.05, 0) is 30.3 Å². The summed E-state index contributed by atoms with van der Waals surface area (Å²) in [4.78, 5) is 2.11. The average Bonchev–Trinajstić information content (AvgIpc) is 2.50. The molecule has 0 bridgehead atoms. The third-order valence-corrected chi connectivity index (χ3v) is 3.47. The number of anilines is 1. The largest absolute Gasteiger partial charge is 0.398 e. The van der Waals surface area contributed by atoms with E-state index in [2.05, 4.69) is 4.90 Å². The molecule has 2 aromatic rings. The summed E-state index contributed by atoms with van der Waals surface area (Å²) < 4.78 is 13.9. The summed E-state index contributed by atoms with van der Waals surface area (Å²) in [5.41, 5.74) is 8.66. The first-order valence-corrected chi connectivity index (χ1v) is 6.88. The molecular formula is C17H18FN3. The fraction of sp³-hybridized carbons (Fsp3) is 0.235. The molecule has 0 radical (unpaired) electrons. The number of hydrogen-bond acceptors (Lipinski definition) is 3. The quantitative estimate of drug-likeness (QED) is 0.857. The molecule has 0 aliphatic heterocycles. The monoisotopic (exact) mass is 283 g/mol. The molecule has 0 aliphatic rings. The Labute approximate surface area is 124 Å². The third kappa shape index (κ3) is 3.80. The van der Waals surface area contributed by atoms with Gasteiger partial charge >= 0.3 is 0 Å². The molecule has 2 N–H and O–H groups in total. The normalized spacial score (nSPS) is 10.6. The molecule has 0 saturated carbocycles. The molecule has 21 heavy (non-hydrogen) atoms. The second-order valence-electron chi connectivity index (χ2n) is 4.92. The highest BCUT2D eigenvalue weighted by Crippen LogP contribution is 2.17. The standard InChI is InChI=1S/C17H18FN3/c1-2-21(12-15-5-3-4-6-17(15)20)11-14-8-7-13(10-19)9-16(14)18/h3-9H,2,11-12,20H2,1H3. The number of nitrogen functional groups attached to an aromatic ring is 1. The smallest absolute Gasteiger partial charge is 0.129 e. The van der Waals surface area contributed by atoms with Crippen molar-refractivity contribution in [3.63, 3.8) is 0 Å². The van der Waals surface area contributed by atoms with E-state index < -0.39 is 0 Å². The van der Waals surface area contributed by atoms with Gasteiger partial charge in [-0.2, -0.15) is 5.26 Å². The topological polar surface area (TPSA) is 53.0 Å². The summed E-state index contributed by atoms with van der Waals surface area (Å²) in [6.45, 7) is 3.97. The highest BCUT2D eigenvalue weighted by Gasteiger charge is 2.10. The van der Waals surface area contributed by atoms with Crippen LogP contribution in [0.1, 0.15) is 23.6 Å². The summed E-state index contributed by atoms with van der Waals surface area (Å²) in [6.07, 6.45) is 0. The Morgan fingerprint density at radius 3 is 2.48 bits per heavy atom. The van der Waals surface area contributed by atoms with Gasteiger partial charge in [0, 0.05) is 24.3 Å². The van der Waals surface area contributed by atoms with E-state index in [1.807, 2.05) is 37.3 Å². The molecule has 0 saturated heterocycles. The first-order valence-electron chi connectivity index (χ1n) is 6.88. The Kier molecular flexibility index (Phi) is 4.91. The van der Waals surface area contributed by atoms with Gasteiger partial charge in [0.15, 0.2) is 0 Å². The Morgan fingerprint density at radius 1 is 1.14 bits per heavy atom. The van der Waals surface area contributed by atoms with Gasteiger partial charge in [-0.25, -0.2) is 4.39 Å². The van der Waals surface area contributed by atoms with Crippen molar-refractivity contribution in [1.82, 2.24) is 4.90 Å². The predicted molar refractivity (Wildman–Crippen MR) is 81.8 cm³/mol. The lowest BCUT2D eigenvalue weighted by Crippen LogP contribution is -2.23. The summed E-state index contributed by atoms with van der Waals surface area (Å²) in [7, 11) is 0. The zero-order valence-corrected chi connectivity index (χ0v) is 12.0. The summed E-state index contributed by atoms with van der Waals surface area (Å²) >= 11 is 0. The van der Waals surface area contributed by atoms with Crippen molar-refractivity contribution in [2.24, 2.45) is 0 Å². The molecule has 4 heteroatoms. The Balaban J connectivity index is 2.13. The van der Waals surface area contributed by atoms with Crippen molar-refractivity contribution < 1.29 is 4.39 Å². The zero-order valence-electron chi connectivity index (χ0n) is 12.0. The van der Waals surface area contributed by atoms with Crippen LogP contribution >= 0.6 is 0 Å². The SMILES string of the molecule is CCN(Cc1ccccc1N)Cc1ccc(C#N)cc1F. The van der Waals surface area contributed by atoms with Gasteiger partial charge < -0.3 is 5.73 Å². The predicted octanol–water partition coefficient (Wildman–Crippen LogP) is 3.30. The van der Waals surface area contributed by atoms with Crippen molar-refractivity contribution in [2.75, 3.05) is 12.3 Å². The molecule has 108 valence electrons. The second-order valence-corrected chi connectivity index (χ2v) is 4.92. The highest BCUT2D eigenvalue weighted by atomic mass is 19.1. The first kappa shape index (κ1) is 15.0. The minimum atomic E-state index is -0.339. The van der Waals surface area contributed by atoms with E-state index in [0.29, 0.717) is 24.2 Å². The number of benzene rings is 2. The lowest BCUT2D eigenvalue weighted by molar-refractivity contribution is 0.268. The number of nitrogens with two attached hydrogens (primary N) is 1. The molecule has 0 aromatic heterocycles. The second kappa shape index (κ2) is 6.87. The maximum Gasteiger partial charge on any atom is 0.129 e. The van der Waals surface area contributed by atoms with Gasteiger partial charge in [0.25, 0.3) is 0 Å². The van der Waals surface area contributed by atoms with Crippen molar-refractivity contribution in [3.8, 4) is 6.07 Å². The molecule has 0 heterocycles. The van der Waals surface area contributed by atoms with Crippen LogP contribution in [-0.2, 0) is 13.1 Å². The Hall–Kier alpha value is -2.38. The molecule has 3 nitrogen and oxygen atoms in total. The molecule has 0 fully saturated rings. The number of nitrogens with zero attached hydrogens (tertiary/aromatic N) is 2. The van der Waals surface area contributed by atoms with Crippen LogP contribution in [0.3, 0.4) is 0 Å². The van der Waals surface area contributed by atoms with Crippen LogP contribution in [0.5, 0.6) is 0 Å². The molecule has 0 unspecified atom stereocenters. The van der Waals surface area contributed by atoms with Gasteiger partial charge in [0.1, 0.15) is 5.82 Å². The number of halogens is 1. The van der Waals surface area contributed by atoms with E-state index in [0.717, 1.165) is 17.8 Å². The highest BCUT2D eigenvalue weighted by molar-refractivity contribution is 5.46. The van der Waals surface area contributed by atoms with Crippen LogP contribution < -0.4 is 5.73 Å². The number of para-hydroxylation sites is 1. The molecule has 2 rings (SSSR count). The third-order valence-electron chi connectivity index (χ3n) is 3.47. The Morgan fingerprint density at radius 2 is 1.86 bits per heavy atom. The fourth-order valence-corrected chi connectivity index (χ4v) is 2.18. The van der Waals surface area contributed by atoms with E-state index in [9.17, 15) is 4.39 Å². The minimum Gasteiger partial charge on any atom is -0.398 e.